The molecule has 0 aliphatic heterocycles. The van der Waals surface area contributed by atoms with E-state index in [2.05, 4.69) is 0 Å². The van der Waals surface area contributed by atoms with Gasteiger partial charge in [0, 0.05) is 12.7 Å². The first kappa shape index (κ1) is 13.8. The van der Waals surface area contributed by atoms with E-state index in [1.165, 1.54) is 14.0 Å². The molecule has 0 unspecified atom stereocenters. The van der Waals surface area contributed by atoms with Gasteiger partial charge in [-0.15, -0.1) is 12.4 Å². The number of alkyl halides is 3. The summed E-state index contributed by atoms with van der Waals surface area (Å²) < 4.78 is 38.3. The van der Waals surface area contributed by atoms with E-state index in [4.69, 9.17) is 5.73 Å². The molecule has 0 fully saturated rings. The molecule has 1 aromatic rings. The predicted octanol–water partition coefficient (Wildman–Crippen LogP) is 1.87. The number of carbonyl (C=O) groups is 1. The molecule has 0 aliphatic rings. The van der Waals surface area contributed by atoms with Crippen LogP contribution in [0.25, 0.3) is 0 Å². The van der Waals surface area contributed by atoms with Gasteiger partial charge in [-0.05, 0) is 13.0 Å². The zero-order chi connectivity index (χ0) is 11.1. The molecule has 0 saturated carbocycles. The van der Waals surface area contributed by atoms with Crippen LogP contribution in [0.5, 0.6) is 0 Å². The molecule has 1 heterocycles. The average Bonchev–Trinajstić information content (AvgIpc) is 2.27. The lowest BCUT2D eigenvalue weighted by atomic mass is 10.2. The smallest absolute Gasteiger partial charge is 0.366 e. The number of hydrogen-bond acceptors (Lipinski definition) is 1. The van der Waals surface area contributed by atoms with Crippen molar-refractivity contribution in [2.24, 2.45) is 12.8 Å². The maximum absolute atomic E-state index is 12.5. The average molecular weight is 243 g/mol. The van der Waals surface area contributed by atoms with Gasteiger partial charge in [0.1, 0.15) is 5.69 Å². The number of aromatic nitrogens is 1. The second-order valence-corrected chi connectivity index (χ2v) is 2.97. The summed E-state index contributed by atoms with van der Waals surface area (Å²) in [5, 5.41) is 0. The molecule has 3 nitrogen and oxygen atoms in total. The maximum Gasteiger partial charge on any atom is 0.432 e. The van der Waals surface area contributed by atoms with Crippen molar-refractivity contribution >= 4 is 18.3 Å². The largest absolute Gasteiger partial charge is 0.432 e. The molecule has 0 radical (unpaired) electrons. The Balaban J connectivity index is 0.00000196. The van der Waals surface area contributed by atoms with Gasteiger partial charge < -0.3 is 10.3 Å². The van der Waals surface area contributed by atoms with Crippen molar-refractivity contribution in [3.05, 3.63) is 23.0 Å². The number of halogens is 4. The van der Waals surface area contributed by atoms with Gasteiger partial charge in [0.2, 0.25) is 0 Å². The molecule has 1 rings (SSSR count). The Bertz CT molecular complexity index is 384. The SMILES string of the molecule is Cc1cc(C(N)=O)c(C(F)(F)F)n1C.Cl. The van der Waals surface area contributed by atoms with Gasteiger partial charge in [-0.25, -0.2) is 0 Å². The molecule has 0 bridgehead atoms. The van der Waals surface area contributed by atoms with Crippen LogP contribution < -0.4 is 5.73 Å². The van der Waals surface area contributed by atoms with Crippen molar-refractivity contribution in [3.8, 4) is 0 Å². The fraction of sp³-hybridized carbons (Fsp3) is 0.375. The Labute approximate surface area is 90.5 Å². The highest BCUT2D eigenvalue weighted by Gasteiger charge is 2.38. The Kier molecular flexibility index (Phi) is 3.82. The topological polar surface area (TPSA) is 48.0 Å². The highest BCUT2D eigenvalue weighted by Crippen LogP contribution is 2.33. The minimum atomic E-state index is -4.56. The summed E-state index contributed by atoms with van der Waals surface area (Å²) in [6.07, 6.45) is -4.56. The van der Waals surface area contributed by atoms with E-state index in [9.17, 15) is 18.0 Å². The van der Waals surface area contributed by atoms with Gasteiger partial charge >= 0.3 is 6.18 Å². The van der Waals surface area contributed by atoms with E-state index in [-0.39, 0.29) is 12.4 Å². The molecule has 1 aromatic heterocycles. The predicted molar refractivity (Wildman–Crippen MR) is 50.9 cm³/mol. The Morgan fingerprint density at radius 3 is 2.20 bits per heavy atom. The van der Waals surface area contributed by atoms with Gasteiger partial charge in [-0.2, -0.15) is 13.2 Å². The van der Waals surface area contributed by atoms with Crippen molar-refractivity contribution < 1.29 is 18.0 Å². The lowest BCUT2D eigenvalue weighted by Gasteiger charge is -2.10. The van der Waals surface area contributed by atoms with Crippen LogP contribution in [0.2, 0.25) is 0 Å². The summed E-state index contributed by atoms with van der Waals surface area (Å²) in [5.41, 5.74) is 3.69. The van der Waals surface area contributed by atoms with E-state index < -0.39 is 23.3 Å². The first-order valence-corrected chi connectivity index (χ1v) is 3.78. The van der Waals surface area contributed by atoms with Crippen molar-refractivity contribution in [3.63, 3.8) is 0 Å². The highest BCUT2D eigenvalue weighted by molar-refractivity contribution is 5.94. The van der Waals surface area contributed by atoms with Gasteiger partial charge in [0.05, 0.1) is 5.56 Å². The molecule has 7 heteroatoms. The molecule has 0 aromatic carbocycles. The van der Waals surface area contributed by atoms with E-state index in [1.54, 1.807) is 0 Å². The number of nitrogens with zero attached hydrogens (tertiary/aromatic N) is 1. The first-order chi connectivity index (χ1) is 6.25. The van der Waals surface area contributed by atoms with E-state index in [0.717, 1.165) is 10.6 Å². The number of primary amides is 1. The van der Waals surface area contributed by atoms with Crippen molar-refractivity contribution in [2.45, 2.75) is 13.1 Å². The molecule has 0 aliphatic carbocycles. The zero-order valence-corrected chi connectivity index (χ0v) is 8.87. The van der Waals surface area contributed by atoms with Gasteiger partial charge in [0.15, 0.2) is 0 Å². The molecular formula is C8H10ClF3N2O. The highest BCUT2D eigenvalue weighted by atomic mass is 35.5. The lowest BCUT2D eigenvalue weighted by Crippen LogP contribution is -2.20. The minimum absolute atomic E-state index is 0. The summed E-state index contributed by atoms with van der Waals surface area (Å²) in [4.78, 5) is 10.7. The number of rotatable bonds is 1. The summed E-state index contributed by atoms with van der Waals surface area (Å²) in [6, 6.07) is 1.13. The molecular weight excluding hydrogens is 233 g/mol. The lowest BCUT2D eigenvalue weighted by molar-refractivity contribution is -0.143. The maximum atomic E-state index is 12.5. The van der Waals surface area contributed by atoms with E-state index in [0.29, 0.717) is 5.69 Å². The third-order valence-corrected chi connectivity index (χ3v) is 2.01. The standard InChI is InChI=1S/C8H9F3N2O.ClH/c1-4-3-5(7(12)14)6(13(4)2)8(9,10)11;/h3H,1-2H3,(H2,12,14);1H. The fourth-order valence-corrected chi connectivity index (χ4v) is 1.26. The molecule has 86 valence electrons. The summed E-state index contributed by atoms with van der Waals surface area (Å²) >= 11 is 0. The first-order valence-electron chi connectivity index (χ1n) is 3.78. The normalized spacial score (nSPS) is 11.0. The number of aryl methyl sites for hydroxylation is 1. The van der Waals surface area contributed by atoms with Crippen LogP contribution in [-0.4, -0.2) is 10.5 Å². The van der Waals surface area contributed by atoms with Crippen molar-refractivity contribution in [2.75, 3.05) is 0 Å². The van der Waals surface area contributed by atoms with Crippen molar-refractivity contribution in [1.82, 2.24) is 4.57 Å². The summed E-state index contributed by atoms with van der Waals surface area (Å²) in [5.74, 6) is -1.07. The Morgan fingerprint density at radius 2 is 1.93 bits per heavy atom. The van der Waals surface area contributed by atoms with Crippen LogP contribution in [0.3, 0.4) is 0 Å². The van der Waals surface area contributed by atoms with Crippen molar-refractivity contribution in [1.29, 1.82) is 0 Å². The van der Waals surface area contributed by atoms with Gasteiger partial charge in [-0.3, -0.25) is 4.79 Å². The monoisotopic (exact) mass is 242 g/mol. The number of hydrogen-bond donors (Lipinski definition) is 1. The quantitative estimate of drug-likeness (QED) is 0.803. The van der Waals surface area contributed by atoms with Crippen LogP contribution in [-0.2, 0) is 13.2 Å². The molecule has 0 saturated heterocycles. The fourth-order valence-electron chi connectivity index (χ4n) is 1.26. The summed E-state index contributed by atoms with van der Waals surface area (Å²) in [6.45, 7) is 1.47. The molecule has 1 amide bonds. The van der Waals surface area contributed by atoms with E-state index in [1.807, 2.05) is 0 Å². The molecule has 0 atom stereocenters. The van der Waals surface area contributed by atoms with E-state index >= 15 is 0 Å². The Morgan fingerprint density at radius 1 is 1.47 bits per heavy atom. The van der Waals surface area contributed by atoms with Gasteiger partial charge in [-0.1, -0.05) is 0 Å². The zero-order valence-electron chi connectivity index (χ0n) is 8.05. The van der Waals surface area contributed by atoms with Crippen LogP contribution >= 0.6 is 12.4 Å². The second kappa shape index (κ2) is 4.14. The Hall–Kier alpha value is -1.17. The van der Waals surface area contributed by atoms with Crippen LogP contribution in [0.15, 0.2) is 6.07 Å². The second-order valence-electron chi connectivity index (χ2n) is 2.97. The number of nitrogens with two attached hydrogens (primary N) is 1. The number of carbonyl (C=O) groups excluding carboxylic acids is 1. The third-order valence-electron chi connectivity index (χ3n) is 2.01. The summed E-state index contributed by atoms with van der Waals surface area (Å²) in [7, 11) is 1.24. The molecule has 15 heavy (non-hydrogen) atoms. The molecule has 2 N–H and O–H groups in total. The minimum Gasteiger partial charge on any atom is -0.366 e. The van der Waals surface area contributed by atoms with Gasteiger partial charge in [0.25, 0.3) is 5.91 Å². The molecule has 0 spiro atoms. The third kappa shape index (κ3) is 2.44. The van der Waals surface area contributed by atoms with Crippen LogP contribution in [0.4, 0.5) is 13.2 Å². The van der Waals surface area contributed by atoms with Crippen LogP contribution in [0, 0.1) is 6.92 Å². The van der Waals surface area contributed by atoms with Crippen LogP contribution in [0.1, 0.15) is 21.7 Å². The number of amides is 1.